The molecule has 0 amide bonds. The Labute approximate surface area is 132 Å². The van der Waals surface area contributed by atoms with Gasteiger partial charge in [-0.15, -0.1) is 0 Å². The molecule has 2 aromatic rings. The maximum absolute atomic E-state index is 12.0. The van der Waals surface area contributed by atoms with E-state index in [1.165, 1.54) is 0 Å². The van der Waals surface area contributed by atoms with Crippen LogP contribution >= 0.6 is 11.6 Å². The summed E-state index contributed by atoms with van der Waals surface area (Å²) in [6, 6.07) is 14.6. The second-order valence-electron chi connectivity index (χ2n) is 4.63. The van der Waals surface area contributed by atoms with Crippen LogP contribution in [0.15, 0.2) is 59.3 Å². The van der Waals surface area contributed by atoms with Gasteiger partial charge in [0.05, 0.1) is 12.7 Å². The molecule has 2 aromatic carbocycles. The van der Waals surface area contributed by atoms with E-state index in [-0.39, 0.29) is 0 Å². The molecule has 0 spiro atoms. The smallest absolute Gasteiger partial charge is 0.368 e. The van der Waals surface area contributed by atoms with Gasteiger partial charge in [-0.05, 0) is 24.3 Å². The Bertz CT molecular complexity index is 782. The van der Waals surface area contributed by atoms with Crippen LogP contribution in [0.5, 0.6) is 5.75 Å². The lowest BCUT2D eigenvalue weighted by Gasteiger charge is -2.06. The first-order valence-electron chi connectivity index (χ1n) is 6.59. The third kappa shape index (κ3) is 2.73. The summed E-state index contributed by atoms with van der Waals surface area (Å²) in [5.74, 6) is 0.116. The summed E-state index contributed by atoms with van der Waals surface area (Å²) in [5, 5.41) is 4.42. The second kappa shape index (κ2) is 6.03. The van der Waals surface area contributed by atoms with Crippen molar-refractivity contribution >= 4 is 29.4 Å². The van der Waals surface area contributed by atoms with E-state index in [9.17, 15) is 4.79 Å². The lowest BCUT2D eigenvalue weighted by atomic mass is 10.0. The maximum Gasteiger partial charge on any atom is 0.368 e. The topological polar surface area (TPSA) is 47.9 Å². The van der Waals surface area contributed by atoms with Gasteiger partial charge in [-0.25, -0.2) is 4.79 Å². The maximum atomic E-state index is 12.0. The van der Waals surface area contributed by atoms with Crippen molar-refractivity contribution in [3.05, 3.63) is 70.3 Å². The Morgan fingerprint density at radius 1 is 1.18 bits per heavy atom. The van der Waals surface area contributed by atoms with Crippen molar-refractivity contribution < 1.29 is 14.4 Å². The number of ether oxygens (including phenoxy) is 1. The van der Waals surface area contributed by atoms with Crippen LogP contribution in [0, 0.1) is 0 Å². The van der Waals surface area contributed by atoms with E-state index in [0.717, 1.165) is 5.56 Å². The Hall–Kier alpha value is -2.59. The molecule has 3 rings (SSSR count). The number of methoxy groups -OCH3 is 1. The summed E-state index contributed by atoms with van der Waals surface area (Å²) in [7, 11) is 1.56. The summed E-state index contributed by atoms with van der Waals surface area (Å²) in [6.45, 7) is 0. The third-order valence-corrected chi connectivity index (χ3v) is 3.47. The average Bonchev–Trinajstić information content (AvgIpc) is 2.90. The molecule has 1 aliphatic heterocycles. The first-order chi connectivity index (χ1) is 10.7. The highest BCUT2D eigenvalue weighted by Crippen LogP contribution is 2.27. The lowest BCUT2D eigenvalue weighted by molar-refractivity contribution is -0.136. The molecule has 5 heteroatoms. The van der Waals surface area contributed by atoms with E-state index in [2.05, 4.69) is 5.16 Å². The highest BCUT2D eigenvalue weighted by atomic mass is 35.5. The number of benzene rings is 2. The van der Waals surface area contributed by atoms with Gasteiger partial charge in [0.15, 0.2) is 0 Å². The molecule has 110 valence electrons. The van der Waals surface area contributed by atoms with E-state index in [1.54, 1.807) is 31.4 Å². The molecule has 0 saturated carbocycles. The third-order valence-electron chi connectivity index (χ3n) is 3.23. The van der Waals surface area contributed by atoms with Crippen LogP contribution in [0.4, 0.5) is 0 Å². The van der Waals surface area contributed by atoms with Gasteiger partial charge in [-0.3, -0.25) is 0 Å². The fraction of sp³-hybridized carbons (Fsp3) is 0.0588. The highest BCUT2D eigenvalue weighted by molar-refractivity contribution is 6.32. The van der Waals surface area contributed by atoms with Crippen LogP contribution in [0.3, 0.4) is 0 Å². The van der Waals surface area contributed by atoms with Crippen LogP contribution in [0.2, 0.25) is 5.02 Å². The molecule has 0 saturated heterocycles. The quantitative estimate of drug-likeness (QED) is 0.641. The summed E-state index contributed by atoms with van der Waals surface area (Å²) < 4.78 is 5.29. The lowest BCUT2D eigenvalue weighted by Crippen LogP contribution is -2.06. The molecule has 0 radical (unpaired) electrons. The molecule has 22 heavy (non-hydrogen) atoms. The molecule has 1 heterocycles. The second-order valence-corrected chi connectivity index (χ2v) is 5.07. The van der Waals surface area contributed by atoms with Gasteiger partial charge in [-0.2, -0.15) is 0 Å². The van der Waals surface area contributed by atoms with Gasteiger partial charge in [0.1, 0.15) is 11.5 Å². The van der Waals surface area contributed by atoms with Crippen LogP contribution < -0.4 is 4.74 Å². The zero-order chi connectivity index (χ0) is 15.5. The van der Waals surface area contributed by atoms with Gasteiger partial charge in [0, 0.05) is 16.1 Å². The van der Waals surface area contributed by atoms with Crippen molar-refractivity contribution in [1.82, 2.24) is 0 Å². The van der Waals surface area contributed by atoms with E-state index < -0.39 is 5.97 Å². The van der Waals surface area contributed by atoms with Crippen molar-refractivity contribution in [2.75, 3.05) is 7.11 Å². The van der Waals surface area contributed by atoms with Gasteiger partial charge < -0.3 is 9.57 Å². The fourth-order valence-electron chi connectivity index (χ4n) is 2.19. The molecular weight excluding hydrogens is 302 g/mol. The fourth-order valence-corrected chi connectivity index (χ4v) is 2.37. The molecule has 0 N–H and O–H groups in total. The highest BCUT2D eigenvalue weighted by Gasteiger charge is 2.27. The molecule has 0 aliphatic carbocycles. The number of hydrogen-bond acceptors (Lipinski definition) is 4. The minimum Gasteiger partial charge on any atom is -0.496 e. The van der Waals surface area contributed by atoms with Gasteiger partial charge in [0.2, 0.25) is 0 Å². The van der Waals surface area contributed by atoms with Crippen LogP contribution in [-0.4, -0.2) is 18.8 Å². The number of hydrogen-bond donors (Lipinski definition) is 0. The molecule has 0 atom stereocenters. The Morgan fingerprint density at radius 2 is 1.95 bits per heavy atom. The summed E-state index contributed by atoms with van der Waals surface area (Å²) in [5.41, 5.74) is 2.35. The first-order valence-corrected chi connectivity index (χ1v) is 6.97. The van der Waals surface area contributed by atoms with Crippen molar-refractivity contribution in [3.8, 4) is 5.75 Å². The van der Waals surface area contributed by atoms with Crippen molar-refractivity contribution in [2.24, 2.45) is 5.16 Å². The van der Waals surface area contributed by atoms with E-state index in [4.69, 9.17) is 21.2 Å². The van der Waals surface area contributed by atoms with Crippen LogP contribution in [0.1, 0.15) is 11.1 Å². The monoisotopic (exact) mass is 313 g/mol. The van der Waals surface area contributed by atoms with E-state index in [0.29, 0.717) is 27.6 Å². The Balaban J connectivity index is 2.07. The minimum atomic E-state index is -0.499. The first kappa shape index (κ1) is 14.4. The largest absolute Gasteiger partial charge is 0.496 e. The summed E-state index contributed by atoms with van der Waals surface area (Å²) in [6.07, 6.45) is 1.67. The molecule has 4 nitrogen and oxygen atoms in total. The predicted octanol–water partition coefficient (Wildman–Crippen LogP) is 3.69. The van der Waals surface area contributed by atoms with Gasteiger partial charge in [-0.1, -0.05) is 47.1 Å². The number of oxime groups is 1. The van der Waals surface area contributed by atoms with Gasteiger partial charge >= 0.3 is 5.97 Å². The van der Waals surface area contributed by atoms with Crippen molar-refractivity contribution in [2.45, 2.75) is 0 Å². The summed E-state index contributed by atoms with van der Waals surface area (Å²) >= 11 is 6.02. The number of nitrogens with zero attached hydrogens (tertiary/aromatic N) is 1. The van der Waals surface area contributed by atoms with Crippen molar-refractivity contribution in [1.29, 1.82) is 0 Å². The summed E-state index contributed by atoms with van der Waals surface area (Å²) in [4.78, 5) is 16.8. The SMILES string of the molecule is COc1ccc(Cl)cc1/C=C1\C(=O)ON=C1c1ccccc1. The van der Waals surface area contributed by atoms with Gasteiger partial charge in [0.25, 0.3) is 0 Å². The Kier molecular flexibility index (Phi) is 3.94. The van der Waals surface area contributed by atoms with E-state index in [1.807, 2.05) is 30.3 Å². The van der Waals surface area contributed by atoms with Crippen LogP contribution in [-0.2, 0) is 9.63 Å². The van der Waals surface area contributed by atoms with Crippen molar-refractivity contribution in [3.63, 3.8) is 0 Å². The number of carbonyl (C=O) groups is 1. The standard InChI is InChI=1S/C17H12ClNO3/c1-21-15-8-7-13(18)9-12(15)10-14-16(19-22-17(14)20)11-5-3-2-4-6-11/h2-10H,1H3/b14-10-. The number of carbonyl (C=O) groups excluding carboxylic acids is 1. The van der Waals surface area contributed by atoms with E-state index >= 15 is 0 Å². The minimum absolute atomic E-state index is 0.367. The predicted molar refractivity (Wildman–Crippen MR) is 85.1 cm³/mol. The van der Waals surface area contributed by atoms with Crippen LogP contribution in [0.25, 0.3) is 6.08 Å². The number of rotatable bonds is 3. The molecule has 0 fully saturated rings. The number of halogens is 1. The molecule has 0 unspecified atom stereocenters. The Morgan fingerprint density at radius 3 is 2.68 bits per heavy atom. The molecule has 0 aromatic heterocycles. The molecule has 1 aliphatic rings. The molecule has 0 bridgehead atoms. The zero-order valence-corrected chi connectivity index (χ0v) is 12.5. The average molecular weight is 314 g/mol. The zero-order valence-electron chi connectivity index (χ0n) is 11.7. The molecular formula is C17H12ClNO3. The normalized spacial score (nSPS) is 15.6.